The lowest BCUT2D eigenvalue weighted by Gasteiger charge is -2.56. The molecular weight excluding hydrogens is 358 g/mol. The van der Waals surface area contributed by atoms with Crippen LogP contribution in [0.3, 0.4) is 0 Å². The third kappa shape index (κ3) is 2.89. The predicted octanol–water partition coefficient (Wildman–Crippen LogP) is 5.00. The van der Waals surface area contributed by atoms with E-state index in [2.05, 4.69) is 29.5 Å². The number of benzene rings is 1. The van der Waals surface area contributed by atoms with E-state index in [1.165, 1.54) is 19.3 Å². The fourth-order valence-corrected chi connectivity index (χ4v) is 6.44. The van der Waals surface area contributed by atoms with Gasteiger partial charge >= 0.3 is 0 Å². The highest BCUT2D eigenvalue weighted by Crippen LogP contribution is 2.58. The maximum Gasteiger partial charge on any atom is 0.288 e. The highest BCUT2D eigenvalue weighted by molar-refractivity contribution is 6.32. The maximum atomic E-state index is 13.2. The van der Waals surface area contributed by atoms with Gasteiger partial charge < -0.3 is 5.32 Å². The van der Waals surface area contributed by atoms with E-state index < -0.39 is 0 Å². The minimum atomic E-state index is -0.135. The summed E-state index contributed by atoms with van der Waals surface area (Å²) in [6.45, 7) is 2.07. The van der Waals surface area contributed by atoms with Crippen molar-refractivity contribution >= 4 is 17.3 Å². The van der Waals surface area contributed by atoms with Gasteiger partial charge in [-0.2, -0.15) is 5.10 Å². The molecule has 0 unspecified atom stereocenters. The number of anilines is 1. The third-order valence-electron chi connectivity index (χ3n) is 7.05. The lowest BCUT2D eigenvalue weighted by Crippen LogP contribution is -2.55. The van der Waals surface area contributed by atoms with Gasteiger partial charge in [-0.25, -0.2) is 4.68 Å². The zero-order chi connectivity index (χ0) is 18.6. The highest BCUT2D eigenvalue weighted by atomic mass is 35.5. The Hall–Kier alpha value is -1.81. The van der Waals surface area contributed by atoms with E-state index in [4.69, 9.17) is 11.6 Å². The second-order valence-corrected chi connectivity index (χ2v) is 9.39. The van der Waals surface area contributed by atoms with Crippen LogP contribution in [0.15, 0.2) is 41.3 Å². The normalized spacial score (nSPS) is 32.4. The molecule has 1 heterocycles. The molecule has 0 amide bonds. The van der Waals surface area contributed by atoms with Gasteiger partial charge in [-0.1, -0.05) is 41.9 Å². The average molecular weight is 384 g/mol. The summed E-state index contributed by atoms with van der Waals surface area (Å²) in [6.07, 6.45) is 9.06. The highest BCUT2D eigenvalue weighted by Gasteiger charge is 2.53. The SMILES string of the molecule is C[C@H](Nc1cnn(C23CC4CC(CC(C4)C2)C3)c(=O)c1Cl)c1ccccc1. The zero-order valence-corrected chi connectivity index (χ0v) is 16.5. The van der Waals surface area contributed by atoms with Crippen LogP contribution in [0.4, 0.5) is 5.69 Å². The van der Waals surface area contributed by atoms with Crippen LogP contribution in [0.25, 0.3) is 0 Å². The Morgan fingerprint density at radius 3 is 2.30 bits per heavy atom. The minimum absolute atomic E-state index is 0.0558. The van der Waals surface area contributed by atoms with Crippen molar-refractivity contribution in [3.63, 3.8) is 0 Å². The first-order chi connectivity index (χ1) is 13.0. The van der Waals surface area contributed by atoms with Gasteiger partial charge in [0.05, 0.1) is 17.4 Å². The Morgan fingerprint density at radius 1 is 1.11 bits per heavy atom. The Kier molecular flexibility index (Phi) is 4.08. The Bertz CT molecular complexity index is 872. The lowest BCUT2D eigenvalue weighted by atomic mass is 9.53. The van der Waals surface area contributed by atoms with Crippen molar-refractivity contribution < 1.29 is 0 Å². The number of rotatable bonds is 4. The molecule has 4 saturated carbocycles. The molecular formula is C22H26ClN3O. The van der Waals surface area contributed by atoms with Gasteiger partial charge in [-0.3, -0.25) is 4.79 Å². The predicted molar refractivity (Wildman–Crippen MR) is 108 cm³/mol. The van der Waals surface area contributed by atoms with Gasteiger partial charge in [0.1, 0.15) is 5.02 Å². The molecule has 27 heavy (non-hydrogen) atoms. The van der Waals surface area contributed by atoms with E-state index in [1.54, 1.807) is 10.9 Å². The summed E-state index contributed by atoms with van der Waals surface area (Å²) in [5.41, 5.74) is 1.54. The van der Waals surface area contributed by atoms with Gasteiger partial charge in [0.15, 0.2) is 0 Å². The molecule has 1 N–H and O–H groups in total. The van der Waals surface area contributed by atoms with Crippen LogP contribution in [0.2, 0.25) is 5.02 Å². The molecule has 6 rings (SSSR count). The van der Waals surface area contributed by atoms with Crippen LogP contribution in [0.5, 0.6) is 0 Å². The standard InChI is InChI=1S/C22H26ClN3O/c1-14(18-5-3-2-4-6-18)25-19-13-24-26(21(27)20(19)23)22-10-15-7-16(11-22)9-17(8-15)12-22/h2-6,13-17,25H,7-12H2,1H3/t14-,15?,16?,17?,22?/m0/s1. The van der Waals surface area contributed by atoms with E-state index in [9.17, 15) is 4.79 Å². The maximum absolute atomic E-state index is 13.2. The van der Waals surface area contributed by atoms with Crippen molar-refractivity contribution in [2.24, 2.45) is 17.8 Å². The third-order valence-corrected chi connectivity index (χ3v) is 7.41. The van der Waals surface area contributed by atoms with Crippen molar-refractivity contribution in [2.75, 3.05) is 5.32 Å². The van der Waals surface area contributed by atoms with Gasteiger partial charge in [0.2, 0.25) is 0 Å². The molecule has 1 atom stereocenters. The van der Waals surface area contributed by atoms with Crippen molar-refractivity contribution in [1.82, 2.24) is 9.78 Å². The van der Waals surface area contributed by atoms with Crippen LogP contribution >= 0.6 is 11.6 Å². The number of halogens is 1. The topological polar surface area (TPSA) is 46.9 Å². The van der Waals surface area contributed by atoms with Gasteiger partial charge in [-0.15, -0.1) is 0 Å². The minimum Gasteiger partial charge on any atom is -0.376 e. The molecule has 0 saturated heterocycles. The Labute approximate surface area is 164 Å². The van der Waals surface area contributed by atoms with Crippen LogP contribution in [-0.2, 0) is 5.54 Å². The van der Waals surface area contributed by atoms with Crippen LogP contribution in [0, 0.1) is 17.8 Å². The van der Waals surface area contributed by atoms with E-state index in [0.29, 0.717) is 5.69 Å². The fraction of sp³-hybridized carbons (Fsp3) is 0.545. The monoisotopic (exact) mass is 383 g/mol. The number of aromatic nitrogens is 2. The molecule has 4 bridgehead atoms. The molecule has 4 aliphatic carbocycles. The smallest absolute Gasteiger partial charge is 0.288 e. The second kappa shape index (κ2) is 6.37. The van der Waals surface area contributed by atoms with Crippen LogP contribution in [0.1, 0.15) is 57.1 Å². The molecule has 4 nitrogen and oxygen atoms in total. The molecule has 5 heteroatoms. The van der Waals surface area contributed by atoms with Crippen molar-refractivity contribution in [1.29, 1.82) is 0 Å². The number of nitrogens with one attached hydrogen (secondary N) is 1. The van der Waals surface area contributed by atoms with E-state index >= 15 is 0 Å². The summed E-state index contributed by atoms with van der Waals surface area (Å²) >= 11 is 6.53. The summed E-state index contributed by atoms with van der Waals surface area (Å²) in [5, 5.41) is 8.26. The summed E-state index contributed by atoms with van der Waals surface area (Å²) < 4.78 is 1.75. The van der Waals surface area contributed by atoms with Gasteiger partial charge in [0, 0.05) is 6.04 Å². The second-order valence-electron chi connectivity index (χ2n) is 9.01. The van der Waals surface area contributed by atoms with Gasteiger partial charge in [0.25, 0.3) is 5.56 Å². The van der Waals surface area contributed by atoms with Crippen LogP contribution in [-0.4, -0.2) is 9.78 Å². The molecule has 0 aliphatic heterocycles. The molecule has 1 aromatic carbocycles. The first-order valence-electron chi connectivity index (χ1n) is 10.1. The van der Waals surface area contributed by atoms with Gasteiger partial charge in [-0.05, 0) is 68.8 Å². The first-order valence-corrected chi connectivity index (χ1v) is 10.5. The van der Waals surface area contributed by atoms with Crippen LogP contribution < -0.4 is 10.9 Å². The number of hydrogen-bond acceptors (Lipinski definition) is 3. The Morgan fingerprint density at radius 2 is 1.70 bits per heavy atom. The molecule has 0 spiro atoms. The zero-order valence-electron chi connectivity index (χ0n) is 15.7. The summed E-state index contributed by atoms with van der Waals surface area (Å²) in [4.78, 5) is 13.2. The molecule has 1 aromatic heterocycles. The fourth-order valence-electron chi connectivity index (χ4n) is 6.25. The van der Waals surface area contributed by atoms with Crippen molar-refractivity contribution in [3.05, 3.63) is 57.5 Å². The molecule has 142 valence electrons. The summed E-state index contributed by atoms with van der Waals surface area (Å²) in [6, 6.07) is 10.2. The summed E-state index contributed by atoms with van der Waals surface area (Å²) in [5.74, 6) is 2.29. The lowest BCUT2D eigenvalue weighted by molar-refractivity contribution is -0.0518. The number of hydrogen-bond donors (Lipinski definition) is 1. The van der Waals surface area contributed by atoms with E-state index in [0.717, 1.165) is 42.6 Å². The quantitative estimate of drug-likeness (QED) is 0.808. The van der Waals surface area contributed by atoms with Crippen molar-refractivity contribution in [2.45, 2.75) is 57.0 Å². The molecule has 2 aromatic rings. The van der Waals surface area contributed by atoms with E-state index in [-0.39, 0.29) is 22.2 Å². The largest absolute Gasteiger partial charge is 0.376 e. The average Bonchev–Trinajstić information content (AvgIpc) is 2.65. The molecule has 0 radical (unpaired) electrons. The number of nitrogens with zero attached hydrogens (tertiary/aromatic N) is 2. The summed E-state index contributed by atoms with van der Waals surface area (Å²) in [7, 11) is 0. The van der Waals surface area contributed by atoms with E-state index in [1.807, 2.05) is 18.2 Å². The first kappa shape index (κ1) is 17.3. The molecule has 4 fully saturated rings. The molecule has 4 aliphatic rings. The van der Waals surface area contributed by atoms with Crippen molar-refractivity contribution in [3.8, 4) is 0 Å². The Balaban J connectivity index is 1.45.